The van der Waals surface area contributed by atoms with E-state index in [4.69, 9.17) is 0 Å². The number of aryl methyl sites for hydroxylation is 1. The number of nitrogens with one attached hydrogen (secondary N) is 1. The number of amides is 1. The van der Waals surface area contributed by atoms with Gasteiger partial charge in [-0.1, -0.05) is 18.2 Å². The number of carbonyl (C=O) groups is 1. The van der Waals surface area contributed by atoms with E-state index in [9.17, 15) is 9.90 Å². The van der Waals surface area contributed by atoms with Crippen molar-refractivity contribution in [1.29, 1.82) is 0 Å². The van der Waals surface area contributed by atoms with Gasteiger partial charge in [0.2, 0.25) is 5.91 Å². The molecule has 2 bridgehead atoms. The predicted octanol–water partition coefficient (Wildman–Crippen LogP) is 2.24. The summed E-state index contributed by atoms with van der Waals surface area (Å²) in [5.74, 6) is 1.50. The number of fused-ring (bicyclic) bond motifs is 3. The standard InChI is InChI=1S/C19H24N2O2/c1-21-10-14(15-4-2-3-5-17(15)21)9-18(23)20-19-13-7-6-12(8-13)16(19)11-22/h2-5,10,12-13,16,19,22H,6-9,11H2,1H3,(H,20,23). The minimum Gasteiger partial charge on any atom is -0.396 e. The van der Waals surface area contributed by atoms with Crippen LogP contribution >= 0.6 is 0 Å². The van der Waals surface area contributed by atoms with Crippen molar-refractivity contribution in [3.63, 3.8) is 0 Å². The van der Waals surface area contributed by atoms with Gasteiger partial charge in [0.1, 0.15) is 0 Å². The molecule has 1 heterocycles. The van der Waals surface area contributed by atoms with Crippen LogP contribution in [0.4, 0.5) is 0 Å². The number of carbonyl (C=O) groups excluding carboxylic acids is 1. The molecule has 4 rings (SSSR count). The summed E-state index contributed by atoms with van der Waals surface area (Å²) in [4.78, 5) is 12.6. The highest BCUT2D eigenvalue weighted by molar-refractivity contribution is 5.89. The third-order valence-corrected chi connectivity index (χ3v) is 5.96. The highest BCUT2D eigenvalue weighted by atomic mass is 16.3. The molecule has 122 valence electrons. The molecule has 2 aliphatic carbocycles. The second kappa shape index (κ2) is 5.68. The smallest absolute Gasteiger partial charge is 0.224 e. The molecule has 0 saturated heterocycles. The maximum atomic E-state index is 12.6. The van der Waals surface area contributed by atoms with E-state index in [2.05, 4.69) is 28.2 Å². The summed E-state index contributed by atoms with van der Waals surface area (Å²) in [6.45, 7) is 0.195. The maximum absolute atomic E-state index is 12.6. The van der Waals surface area contributed by atoms with Crippen LogP contribution in [0.5, 0.6) is 0 Å². The van der Waals surface area contributed by atoms with Crippen molar-refractivity contribution in [2.45, 2.75) is 31.7 Å². The number of para-hydroxylation sites is 1. The van der Waals surface area contributed by atoms with Crippen LogP contribution in [0.1, 0.15) is 24.8 Å². The fourth-order valence-electron chi connectivity index (χ4n) is 4.87. The Morgan fingerprint density at radius 3 is 2.91 bits per heavy atom. The molecule has 2 aliphatic rings. The van der Waals surface area contributed by atoms with Gasteiger partial charge in [-0.3, -0.25) is 4.79 Å². The predicted molar refractivity (Wildman–Crippen MR) is 90.0 cm³/mol. The fourth-order valence-corrected chi connectivity index (χ4v) is 4.87. The molecule has 4 heteroatoms. The Balaban J connectivity index is 1.49. The Bertz CT molecular complexity index is 736. The van der Waals surface area contributed by atoms with Gasteiger partial charge in [0.05, 0.1) is 6.42 Å². The van der Waals surface area contributed by atoms with Crippen molar-refractivity contribution >= 4 is 16.8 Å². The molecule has 2 N–H and O–H groups in total. The van der Waals surface area contributed by atoms with E-state index >= 15 is 0 Å². The van der Waals surface area contributed by atoms with E-state index < -0.39 is 0 Å². The lowest BCUT2D eigenvalue weighted by Gasteiger charge is -2.30. The summed E-state index contributed by atoms with van der Waals surface area (Å²) >= 11 is 0. The van der Waals surface area contributed by atoms with Gasteiger partial charge in [-0.05, 0) is 42.7 Å². The first kappa shape index (κ1) is 14.8. The summed E-state index contributed by atoms with van der Waals surface area (Å²) in [5, 5.41) is 14.0. The Morgan fingerprint density at radius 1 is 1.30 bits per heavy atom. The summed E-state index contributed by atoms with van der Waals surface area (Å²) in [5.41, 5.74) is 2.23. The summed E-state index contributed by atoms with van der Waals surface area (Å²) in [7, 11) is 2.02. The average Bonchev–Trinajstić information content (AvgIpc) is 3.22. The van der Waals surface area contributed by atoms with Gasteiger partial charge in [-0.2, -0.15) is 0 Å². The molecule has 2 aromatic rings. The molecule has 1 amide bonds. The number of benzene rings is 1. The Hall–Kier alpha value is -1.81. The van der Waals surface area contributed by atoms with Gasteiger partial charge in [0.15, 0.2) is 0 Å². The molecular formula is C19H24N2O2. The van der Waals surface area contributed by atoms with Crippen LogP contribution in [-0.2, 0) is 18.3 Å². The first-order valence-corrected chi connectivity index (χ1v) is 8.60. The molecule has 23 heavy (non-hydrogen) atoms. The molecule has 0 spiro atoms. The van der Waals surface area contributed by atoms with Crippen LogP contribution in [0.15, 0.2) is 30.5 Å². The molecule has 4 atom stereocenters. The lowest BCUT2D eigenvalue weighted by molar-refractivity contribution is -0.122. The van der Waals surface area contributed by atoms with Crippen molar-refractivity contribution in [1.82, 2.24) is 9.88 Å². The highest BCUT2D eigenvalue weighted by Gasteiger charge is 2.47. The first-order chi connectivity index (χ1) is 11.2. The third-order valence-electron chi connectivity index (χ3n) is 5.96. The molecular weight excluding hydrogens is 288 g/mol. The third kappa shape index (κ3) is 2.45. The molecule has 0 radical (unpaired) electrons. The quantitative estimate of drug-likeness (QED) is 0.910. The van der Waals surface area contributed by atoms with Crippen molar-refractivity contribution in [3.05, 3.63) is 36.0 Å². The van der Waals surface area contributed by atoms with Gasteiger partial charge in [-0.15, -0.1) is 0 Å². The second-order valence-corrected chi connectivity index (χ2v) is 7.23. The van der Waals surface area contributed by atoms with Crippen molar-refractivity contribution in [2.24, 2.45) is 24.8 Å². The van der Waals surface area contributed by atoms with E-state index in [0.717, 1.165) is 16.5 Å². The van der Waals surface area contributed by atoms with E-state index in [1.165, 1.54) is 19.3 Å². The first-order valence-electron chi connectivity index (χ1n) is 8.60. The number of rotatable bonds is 4. The monoisotopic (exact) mass is 312 g/mol. The number of nitrogens with zero attached hydrogens (tertiary/aromatic N) is 1. The molecule has 0 aliphatic heterocycles. The van der Waals surface area contributed by atoms with Crippen LogP contribution in [0.25, 0.3) is 10.9 Å². The normalized spacial score (nSPS) is 29.3. The number of aromatic nitrogens is 1. The number of hydrogen-bond acceptors (Lipinski definition) is 2. The Morgan fingerprint density at radius 2 is 2.09 bits per heavy atom. The fraction of sp³-hybridized carbons (Fsp3) is 0.526. The highest BCUT2D eigenvalue weighted by Crippen LogP contribution is 2.48. The van der Waals surface area contributed by atoms with Crippen molar-refractivity contribution < 1.29 is 9.90 Å². The van der Waals surface area contributed by atoms with E-state index in [1.807, 2.05) is 19.2 Å². The number of aliphatic hydroxyl groups is 1. The topological polar surface area (TPSA) is 54.3 Å². The second-order valence-electron chi connectivity index (χ2n) is 7.23. The summed E-state index contributed by atoms with van der Waals surface area (Å²) < 4.78 is 2.08. The molecule has 2 fully saturated rings. The molecule has 1 aromatic heterocycles. The van der Waals surface area contributed by atoms with Crippen LogP contribution < -0.4 is 5.32 Å². The number of aliphatic hydroxyl groups excluding tert-OH is 1. The lowest BCUT2D eigenvalue weighted by atomic mass is 9.85. The van der Waals surface area contributed by atoms with E-state index in [1.54, 1.807) is 0 Å². The molecule has 4 nitrogen and oxygen atoms in total. The van der Waals surface area contributed by atoms with Crippen LogP contribution in [0.3, 0.4) is 0 Å². The van der Waals surface area contributed by atoms with Crippen LogP contribution in [-0.4, -0.2) is 28.2 Å². The van der Waals surface area contributed by atoms with Gasteiger partial charge < -0.3 is 15.0 Å². The minimum absolute atomic E-state index is 0.0809. The lowest BCUT2D eigenvalue weighted by Crippen LogP contribution is -2.45. The van der Waals surface area contributed by atoms with Crippen molar-refractivity contribution in [3.8, 4) is 0 Å². The van der Waals surface area contributed by atoms with Gasteiger partial charge in [0.25, 0.3) is 0 Å². The van der Waals surface area contributed by atoms with E-state index in [-0.39, 0.29) is 24.5 Å². The van der Waals surface area contributed by atoms with Gasteiger partial charge in [0, 0.05) is 42.7 Å². The van der Waals surface area contributed by atoms with Gasteiger partial charge >= 0.3 is 0 Å². The van der Waals surface area contributed by atoms with Gasteiger partial charge in [-0.25, -0.2) is 0 Å². The Labute approximate surface area is 136 Å². The van der Waals surface area contributed by atoms with Crippen molar-refractivity contribution in [2.75, 3.05) is 6.61 Å². The SMILES string of the molecule is Cn1cc(CC(=O)NC2C3CCC(C3)C2CO)c2ccccc21. The zero-order chi connectivity index (χ0) is 16.0. The molecule has 4 unspecified atom stereocenters. The largest absolute Gasteiger partial charge is 0.396 e. The maximum Gasteiger partial charge on any atom is 0.224 e. The summed E-state index contributed by atoms with van der Waals surface area (Å²) in [6, 6.07) is 8.36. The van der Waals surface area contributed by atoms with Crippen LogP contribution in [0.2, 0.25) is 0 Å². The van der Waals surface area contributed by atoms with E-state index in [0.29, 0.717) is 18.3 Å². The molecule has 1 aromatic carbocycles. The Kier molecular flexibility index (Phi) is 3.64. The zero-order valence-electron chi connectivity index (χ0n) is 13.5. The zero-order valence-corrected chi connectivity index (χ0v) is 13.5. The molecule has 2 saturated carbocycles. The average molecular weight is 312 g/mol. The number of hydrogen-bond donors (Lipinski definition) is 2. The summed E-state index contributed by atoms with van der Waals surface area (Å²) in [6.07, 6.45) is 6.04. The minimum atomic E-state index is 0.0809. The van der Waals surface area contributed by atoms with Crippen LogP contribution in [0, 0.1) is 17.8 Å².